The Morgan fingerprint density at radius 1 is 1.11 bits per heavy atom. The number of thioether (sulfide) groups is 1. The van der Waals surface area contributed by atoms with E-state index in [1.807, 2.05) is 31.2 Å². The third-order valence-electron chi connectivity index (χ3n) is 3.51. The monoisotopic (exact) mass is 420 g/mol. The molecule has 27 heavy (non-hydrogen) atoms. The topological polar surface area (TPSA) is 76.1 Å². The molecule has 1 heterocycles. The number of benzene rings is 2. The lowest BCUT2D eigenvalue weighted by molar-refractivity contribution is -0.115. The van der Waals surface area contributed by atoms with Crippen LogP contribution in [0.5, 0.6) is 5.75 Å². The van der Waals surface area contributed by atoms with Gasteiger partial charge < -0.3 is 15.4 Å². The van der Waals surface area contributed by atoms with Crippen LogP contribution in [0.4, 0.5) is 16.5 Å². The van der Waals surface area contributed by atoms with Crippen molar-refractivity contribution in [2.75, 3.05) is 17.7 Å². The van der Waals surface area contributed by atoms with Crippen LogP contribution < -0.4 is 15.4 Å². The average molecular weight is 421 g/mol. The highest BCUT2D eigenvalue weighted by Crippen LogP contribution is 2.31. The summed E-state index contributed by atoms with van der Waals surface area (Å²) in [7, 11) is 1.63. The molecule has 2 N–H and O–H groups in total. The summed E-state index contributed by atoms with van der Waals surface area (Å²) in [5.74, 6) is 0.678. The number of aromatic nitrogens is 2. The Kier molecular flexibility index (Phi) is 6.54. The molecule has 0 fully saturated rings. The zero-order valence-corrected chi connectivity index (χ0v) is 17.0. The van der Waals surface area contributed by atoms with Crippen LogP contribution in [-0.2, 0) is 4.79 Å². The molecular formula is C18H17ClN4O2S2. The Hall–Kier alpha value is -2.29. The van der Waals surface area contributed by atoms with Crippen LogP contribution in [0.25, 0.3) is 0 Å². The number of anilines is 3. The van der Waals surface area contributed by atoms with Crippen molar-refractivity contribution in [1.29, 1.82) is 0 Å². The van der Waals surface area contributed by atoms with Crippen molar-refractivity contribution in [3.8, 4) is 5.75 Å². The van der Waals surface area contributed by atoms with Crippen LogP contribution in [0, 0.1) is 0 Å². The Balaban J connectivity index is 1.55. The van der Waals surface area contributed by atoms with E-state index in [1.165, 1.54) is 23.1 Å². The first-order chi connectivity index (χ1) is 13.0. The molecule has 0 aliphatic heterocycles. The average Bonchev–Trinajstić information content (AvgIpc) is 3.11. The molecule has 2 aromatic carbocycles. The van der Waals surface area contributed by atoms with E-state index in [-0.39, 0.29) is 11.2 Å². The summed E-state index contributed by atoms with van der Waals surface area (Å²) in [5, 5.41) is 15.3. The first-order valence-electron chi connectivity index (χ1n) is 8.01. The third kappa shape index (κ3) is 5.59. The molecule has 140 valence electrons. The molecule has 0 radical (unpaired) electrons. The van der Waals surface area contributed by atoms with Crippen molar-refractivity contribution in [1.82, 2.24) is 10.2 Å². The van der Waals surface area contributed by atoms with Crippen molar-refractivity contribution in [2.24, 2.45) is 0 Å². The van der Waals surface area contributed by atoms with Gasteiger partial charge in [-0.3, -0.25) is 4.79 Å². The van der Waals surface area contributed by atoms with E-state index in [4.69, 9.17) is 16.3 Å². The van der Waals surface area contributed by atoms with Crippen LogP contribution in [0.2, 0.25) is 5.02 Å². The first-order valence-corrected chi connectivity index (χ1v) is 10.1. The lowest BCUT2D eigenvalue weighted by atomic mass is 10.3. The number of nitrogens with one attached hydrogen (secondary N) is 2. The second kappa shape index (κ2) is 9.07. The van der Waals surface area contributed by atoms with Crippen molar-refractivity contribution in [2.45, 2.75) is 16.5 Å². The molecule has 3 aromatic rings. The number of nitrogens with zero attached hydrogens (tertiary/aromatic N) is 2. The molecule has 1 amide bonds. The van der Waals surface area contributed by atoms with Crippen LogP contribution in [-0.4, -0.2) is 28.5 Å². The van der Waals surface area contributed by atoms with Crippen LogP contribution in [0.1, 0.15) is 6.92 Å². The minimum atomic E-state index is -0.317. The fraction of sp³-hybridized carbons (Fsp3) is 0.167. The van der Waals surface area contributed by atoms with E-state index in [0.29, 0.717) is 20.2 Å². The Morgan fingerprint density at radius 3 is 2.44 bits per heavy atom. The van der Waals surface area contributed by atoms with Crippen molar-refractivity contribution in [3.63, 3.8) is 0 Å². The first kappa shape index (κ1) is 19.5. The molecule has 0 saturated carbocycles. The summed E-state index contributed by atoms with van der Waals surface area (Å²) in [6, 6.07) is 14.5. The van der Waals surface area contributed by atoms with E-state index in [9.17, 15) is 4.79 Å². The van der Waals surface area contributed by atoms with Gasteiger partial charge in [-0.1, -0.05) is 34.7 Å². The number of hydrogen-bond donors (Lipinski definition) is 2. The van der Waals surface area contributed by atoms with Gasteiger partial charge in [-0.25, -0.2) is 0 Å². The molecule has 0 aliphatic rings. The molecule has 0 saturated heterocycles. The standard InChI is InChI=1S/C18H17ClN4O2S2/c1-11(16(24)20-13-5-3-12(19)4-6-13)26-18-23-22-17(27-18)21-14-7-9-15(25-2)10-8-14/h3-11H,1-2H3,(H,20,24)(H,21,22). The normalized spacial score (nSPS) is 11.7. The quantitative estimate of drug-likeness (QED) is 0.520. The molecular weight excluding hydrogens is 404 g/mol. The van der Waals surface area contributed by atoms with Gasteiger partial charge in [0.2, 0.25) is 11.0 Å². The van der Waals surface area contributed by atoms with Gasteiger partial charge in [0.25, 0.3) is 0 Å². The zero-order chi connectivity index (χ0) is 19.2. The summed E-state index contributed by atoms with van der Waals surface area (Å²) < 4.78 is 5.85. The predicted octanol–water partition coefficient (Wildman–Crippen LogP) is 5.06. The molecule has 1 unspecified atom stereocenters. The number of methoxy groups -OCH3 is 1. The summed E-state index contributed by atoms with van der Waals surface area (Å²) >= 11 is 8.60. The highest BCUT2D eigenvalue weighted by Gasteiger charge is 2.17. The highest BCUT2D eigenvalue weighted by molar-refractivity contribution is 8.02. The number of rotatable bonds is 7. The van der Waals surface area contributed by atoms with Crippen LogP contribution in [0.15, 0.2) is 52.9 Å². The van der Waals surface area contributed by atoms with E-state index in [0.717, 1.165) is 11.4 Å². The Bertz CT molecular complexity index is 900. The van der Waals surface area contributed by atoms with E-state index < -0.39 is 0 Å². The molecule has 6 nitrogen and oxygen atoms in total. The lowest BCUT2D eigenvalue weighted by Gasteiger charge is -2.10. The minimum absolute atomic E-state index is 0.109. The number of amides is 1. The fourth-order valence-electron chi connectivity index (χ4n) is 2.09. The van der Waals surface area contributed by atoms with Crippen molar-refractivity contribution < 1.29 is 9.53 Å². The summed E-state index contributed by atoms with van der Waals surface area (Å²) in [5.41, 5.74) is 1.59. The maximum atomic E-state index is 12.3. The SMILES string of the molecule is COc1ccc(Nc2nnc(SC(C)C(=O)Nc3ccc(Cl)cc3)s2)cc1. The Morgan fingerprint density at radius 2 is 1.78 bits per heavy atom. The summed E-state index contributed by atoms with van der Waals surface area (Å²) in [4.78, 5) is 12.3. The van der Waals surface area contributed by atoms with E-state index >= 15 is 0 Å². The molecule has 0 bridgehead atoms. The summed E-state index contributed by atoms with van der Waals surface area (Å²) in [6.45, 7) is 1.83. The van der Waals surface area contributed by atoms with Crippen molar-refractivity contribution in [3.05, 3.63) is 53.6 Å². The fourth-order valence-corrected chi connectivity index (χ4v) is 4.13. The molecule has 0 spiro atoms. The van der Waals surface area contributed by atoms with Crippen LogP contribution >= 0.6 is 34.7 Å². The molecule has 0 aliphatic carbocycles. The second-order valence-electron chi connectivity index (χ2n) is 5.48. The number of carbonyl (C=O) groups excluding carboxylic acids is 1. The highest BCUT2D eigenvalue weighted by atomic mass is 35.5. The maximum absolute atomic E-state index is 12.3. The molecule has 1 atom stereocenters. The van der Waals surface area contributed by atoms with Gasteiger partial charge in [0, 0.05) is 16.4 Å². The van der Waals surface area contributed by atoms with Gasteiger partial charge >= 0.3 is 0 Å². The Labute approximate surface area is 170 Å². The number of carbonyl (C=O) groups is 1. The predicted molar refractivity (Wildman–Crippen MR) is 112 cm³/mol. The van der Waals surface area contributed by atoms with Gasteiger partial charge in [0.15, 0.2) is 4.34 Å². The van der Waals surface area contributed by atoms with Crippen molar-refractivity contribution >= 4 is 57.1 Å². The van der Waals surface area contributed by atoms with E-state index in [1.54, 1.807) is 31.4 Å². The minimum Gasteiger partial charge on any atom is -0.497 e. The molecule has 1 aromatic heterocycles. The molecule has 9 heteroatoms. The van der Waals surface area contributed by atoms with Gasteiger partial charge in [-0.2, -0.15) is 0 Å². The van der Waals surface area contributed by atoms with Crippen LogP contribution in [0.3, 0.4) is 0 Å². The zero-order valence-electron chi connectivity index (χ0n) is 14.6. The molecule has 3 rings (SSSR count). The van der Waals surface area contributed by atoms with Gasteiger partial charge in [0.1, 0.15) is 5.75 Å². The number of ether oxygens (including phenoxy) is 1. The van der Waals surface area contributed by atoms with Gasteiger partial charge in [0.05, 0.1) is 12.4 Å². The smallest absolute Gasteiger partial charge is 0.237 e. The third-order valence-corrected chi connectivity index (χ3v) is 5.78. The summed E-state index contributed by atoms with van der Waals surface area (Å²) in [6.07, 6.45) is 0. The second-order valence-corrected chi connectivity index (χ2v) is 8.48. The van der Waals surface area contributed by atoms with Gasteiger partial charge in [-0.05, 0) is 55.5 Å². The largest absolute Gasteiger partial charge is 0.497 e. The lowest BCUT2D eigenvalue weighted by Crippen LogP contribution is -2.22. The number of halogens is 1. The maximum Gasteiger partial charge on any atom is 0.237 e. The van der Waals surface area contributed by atoms with E-state index in [2.05, 4.69) is 20.8 Å². The van der Waals surface area contributed by atoms with Gasteiger partial charge in [-0.15, -0.1) is 10.2 Å². The number of hydrogen-bond acceptors (Lipinski definition) is 7.